The lowest BCUT2D eigenvalue weighted by atomic mass is 10.2. The maximum absolute atomic E-state index is 12.0. The molecule has 0 fully saturated rings. The van der Waals surface area contributed by atoms with E-state index in [1.807, 2.05) is 67.7 Å². The van der Waals surface area contributed by atoms with Crippen LogP contribution in [-0.4, -0.2) is 28.7 Å². The molecule has 0 bridgehead atoms. The molecule has 140 valence electrons. The molecular weight excluding hydrogens is 340 g/mol. The maximum atomic E-state index is 12.0. The van der Waals surface area contributed by atoms with Gasteiger partial charge in [0.1, 0.15) is 11.6 Å². The molecule has 0 spiro atoms. The predicted octanol–water partition coefficient (Wildman–Crippen LogP) is 4.16. The number of ether oxygens (including phenoxy) is 1. The highest BCUT2D eigenvalue weighted by molar-refractivity contribution is 5.89. The van der Waals surface area contributed by atoms with Gasteiger partial charge >= 0.3 is 6.03 Å². The summed E-state index contributed by atoms with van der Waals surface area (Å²) in [6, 6.07) is 17.2. The quantitative estimate of drug-likeness (QED) is 0.590. The number of carbonyl (C=O) groups excluding carboxylic acids is 1. The van der Waals surface area contributed by atoms with E-state index in [4.69, 9.17) is 4.74 Å². The van der Waals surface area contributed by atoms with Crippen molar-refractivity contribution in [1.82, 2.24) is 14.9 Å². The van der Waals surface area contributed by atoms with E-state index in [2.05, 4.69) is 20.2 Å². The molecule has 0 atom stereocenters. The van der Waals surface area contributed by atoms with Gasteiger partial charge in [0, 0.05) is 36.7 Å². The van der Waals surface area contributed by atoms with Gasteiger partial charge in [-0.2, -0.15) is 0 Å². The molecule has 27 heavy (non-hydrogen) atoms. The van der Waals surface area contributed by atoms with Crippen molar-refractivity contribution in [2.45, 2.75) is 19.9 Å². The number of aromatic nitrogens is 2. The van der Waals surface area contributed by atoms with Crippen molar-refractivity contribution in [1.29, 1.82) is 0 Å². The molecule has 1 heterocycles. The fourth-order valence-corrected chi connectivity index (χ4v) is 2.76. The molecule has 0 aliphatic carbocycles. The average Bonchev–Trinajstić information content (AvgIpc) is 3.16. The van der Waals surface area contributed by atoms with Gasteiger partial charge in [-0.1, -0.05) is 30.3 Å². The minimum atomic E-state index is -0.215. The largest absolute Gasteiger partial charge is 0.494 e. The maximum Gasteiger partial charge on any atom is 0.319 e. The van der Waals surface area contributed by atoms with Gasteiger partial charge in [0.2, 0.25) is 0 Å². The molecule has 6 heteroatoms. The van der Waals surface area contributed by atoms with E-state index in [9.17, 15) is 4.79 Å². The number of amides is 2. The van der Waals surface area contributed by atoms with Crippen LogP contribution in [0.15, 0.2) is 67.0 Å². The zero-order valence-electron chi connectivity index (χ0n) is 15.4. The number of rotatable bonds is 8. The first kappa shape index (κ1) is 18.5. The second kappa shape index (κ2) is 9.43. The van der Waals surface area contributed by atoms with Crippen LogP contribution in [0, 0.1) is 0 Å². The van der Waals surface area contributed by atoms with E-state index < -0.39 is 0 Å². The second-order valence-corrected chi connectivity index (χ2v) is 6.00. The smallest absolute Gasteiger partial charge is 0.319 e. The molecule has 2 N–H and O–H groups in total. The molecule has 0 unspecified atom stereocenters. The lowest BCUT2D eigenvalue weighted by Gasteiger charge is -2.10. The summed E-state index contributed by atoms with van der Waals surface area (Å²) in [5.74, 6) is 1.73. The van der Waals surface area contributed by atoms with Crippen LogP contribution in [0.25, 0.3) is 11.4 Å². The zero-order chi connectivity index (χ0) is 18.9. The van der Waals surface area contributed by atoms with Crippen molar-refractivity contribution in [3.05, 3.63) is 67.0 Å². The van der Waals surface area contributed by atoms with E-state index in [0.717, 1.165) is 35.8 Å². The molecule has 3 aromatic rings. The Labute approximate surface area is 159 Å². The Balaban J connectivity index is 1.43. The number of hydrogen-bond acceptors (Lipinski definition) is 3. The third-order valence-corrected chi connectivity index (χ3v) is 4.03. The first-order valence-corrected chi connectivity index (χ1v) is 9.10. The van der Waals surface area contributed by atoms with Crippen LogP contribution in [0.1, 0.15) is 13.3 Å². The number of carbonyl (C=O) groups is 1. The van der Waals surface area contributed by atoms with Crippen LogP contribution in [-0.2, 0) is 6.54 Å². The van der Waals surface area contributed by atoms with E-state index >= 15 is 0 Å². The highest BCUT2D eigenvalue weighted by atomic mass is 16.5. The molecule has 0 aliphatic heterocycles. The van der Waals surface area contributed by atoms with Crippen molar-refractivity contribution >= 4 is 11.7 Å². The van der Waals surface area contributed by atoms with E-state index in [1.54, 1.807) is 6.20 Å². The molecular formula is C21H24N4O2. The lowest BCUT2D eigenvalue weighted by Crippen LogP contribution is -2.30. The summed E-state index contributed by atoms with van der Waals surface area (Å²) in [5, 5.41) is 5.69. The summed E-state index contributed by atoms with van der Waals surface area (Å²) in [7, 11) is 0. The van der Waals surface area contributed by atoms with Gasteiger partial charge < -0.3 is 19.9 Å². The summed E-state index contributed by atoms with van der Waals surface area (Å²) < 4.78 is 7.49. The van der Waals surface area contributed by atoms with Crippen LogP contribution < -0.4 is 15.4 Å². The molecule has 2 aromatic carbocycles. The fourth-order valence-electron chi connectivity index (χ4n) is 2.76. The first-order valence-electron chi connectivity index (χ1n) is 9.10. The number of benzene rings is 2. The highest BCUT2D eigenvalue weighted by Gasteiger charge is 2.06. The number of nitrogens with one attached hydrogen (secondary N) is 2. The lowest BCUT2D eigenvalue weighted by molar-refractivity contribution is 0.252. The van der Waals surface area contributed by atoms with Crippen molar-refractivity contribution in [3.63, 3.8) is 0 Å². The van der Waals surface area contributed by atoms with Crippen molar-refractivity contribution in [2.24, 2.45) is 0 Å². The number of anilines is 1. The van der Waals surface area contributed by atoms with Gasteiger partial charge in [-0.15, -0.1) is 0 Å². The van der Waals surface area contributed by atoms with Crippen LogP contribution in [0.5, 0.6) is 5.75 Å². The normalized spacial score (nSPS) is 10.4. The van der Waals surface area contributed by atoms with Crippen LogP contribution in [0.4, 0.5) is 10.5 Å². The molecule has 0 saturated carbocycles. The number of nitrogens with zero attached hydrogens (tertiary/aromatic N) is 2. The Morgan fingerprint density at radius 3 is 2.63 bits per heavy atom. The Bertz CT molecular complexity index is 844. The standard InChI is InChI=1S/C21H24N4O2/c1-2-27-19-11-9-18(10-12-19)24-21(26)23-13-6-15-25-16-14-22-20(25)17-7-4-3-5-8-17/h3-5,7-12,14,16H,2,6,13,15H2,1H3,(H2,23,24,26). The van der Waals surface area contributed by atoms with E-state index in [0.29, 0.717) is 13.2 Å². The van der Waals surface area contributed by atoms with Crippen LogP contribution in [0.3, 0.4) is 0 Å². The van der Waals surface area contributed by atoms with Gasteiger partial charge in [0.05, 0.1) is 6.61 Å². The van der Waals surface area contributed by atoms with Gasteiger partial charge in [-0.3, -0.25) is 0 Å². The Morgan fingerprint density at radius 2 is 1.89 bits per heavy atom. The van der Waals surface area contributed by atoms with Gasteiger partial charge in [0.15, 0.2) is 0 Å². The fraction of sp³-hybridized carbons (Fsp3) is 0.238. The topological polar surface area (TPSA) is 68.2 Å². The van der Waals surface area contributed by atoms with Crippen molar-refractivity contribution in [3.8, 4) is 17.1 Å². The molecule has 1 aromatic heterocycles. The summed E-state index contributed by atoms with van der Waals surface area (Å²) in [5.41, 5.74) is 1.82. The summed E-state index contributed by atoms with van der Waals surface area (Å²) in [6.07, 6.45) is 4.57. The Hall–Kier alpha value is -3.28. The van der Waals surface area contributed by atoms with Crippen LogP contribution in [0.2, 0.25) is 0 Å². The van der Waals surface area contributed by atoms with Gasteiger partial charge in [-0.25, -0.2) is 9.78 Å². The molecule has 3 rings (SSSR count). The Morgan fingerprint density at radius 1 is 1.11 bits per heavy atom. The number of hydrogen-bond donors (Lipinski definition) is 2. The molecule has 0 saturated heterocycles. The molecule has 0 radical (unpaired) electrons. The monoisotopic (exact) mass is 364 g/mol. The average molecular weight is 364 g/mol. The number of aryl methyl sites for hydroxylation is 1. The number of imidazole rings is 1. The Kier molecular flexibility index (Phi) is 6.46. The molecule has 0 aliphatic rings. The third kappa shape index (κ3) is 5.34. The van der Waals surface area contributed by atoms with Gasteiger partial charge in [0.25, 0.3) is 0 Å². The summed E-state index contributed by atoms with van der Waals surface area (Å²) >= 11 is 0. The number of urea groups is 1. The van der Waals surface area contributed by atoms with E-state index in [-0.39, 0.29) is 6.03 Å². The molecule has 6 nitrogen and oxygen atoms in total. The zero-order valence-corrected chi connectivity index (χ0v) is 15.4. The van der Waals surface area contributed by atoms with Crippen molar-refractivity contribution in [2.75, 3.05) is 18.5 Å². The van der Waals surface area contributed by atoms with Crippen LogP contribution >= 0.6 is 0 Å². The minimum absolute atomic E-state index is 0.215. The summed E-state index contributed by atoms with van der Waals surface area (Å²) in [6.45, 7) is 3.92. The van der Waals surface area contributed by atoms with Crippen molar-refractivity contribution < 1.29 is 9.53 Å². The minimum Gasteiger partial charge on any atom is -0.494 e. The second-order valence-electron chi connectivity index (χ2n) is 6.00. The summed E-state index contributed by atoms with van der Waals surface area (Å²) in [4.78, 5) is 16.4. The molecule has 2 amide bonds. The SMILES string of the molecule is CCOc1ccc(NC(=O)NCCCn2ccnc2-c2ccccc2)cc1. The first-order chi connectivity index (χ1) is 13.3. The predicted molar refractivity (Wildman–Crippen MR) is 107 cm³/mol. The third-order valence-electron chi connectivity index (χ3n) is 4.03. The van der Waals surface area contributed by atoms with Gasteiger partial charge in [-0.05, 0) is 37.6 Å². The van der Waals surface area contributed by atoms with E-state index in [1.165, 1.54) is 0 Å². The highest BCUT2D eigenvalue weighted by Crippen LogP contribution is 2.17.